The first-order valence-electron chi connectivity index (χ1n) is 9.77. The first kappa shape index (κ1) is 17.5. The standard InChI is InChI=1S/C19H33N5/c1-23(2)15-12-20-19-21-17-11-7-5-6-10-16(17)18(22-19)24-13-8-3-4-9-14-24/h3-15H2,1-2H3,(H,20,21,22). The van der Waals surface area contributed by atoms with Gasteiger partial charge < -0.3 is 15.1 Å². The summed E-state index contributed by atoms with van der Waals surface area (Å²) < 4.78 is 0. The molecular formula is C19H33N5. The normalized spacial score (nSPS) is 18.9. The minimum atomic E-state index is 0.830. The predicted molar refractivity (Wildman–Crippen MR) is 101 cm³/mol. The highest BCUT2D eigenvalue weighted by Crippen LogP contribution is 2.30. The van der Waals surface area contributed by atoms with Crippen molar-refractivity contribution in [1.29, 1.82) is 0 Å². The quantitative estimate of drug-likeness (QED) is 0.840. The van der Waals surface area contributed by atoms with E-state index in [1.165, 1.54) is 62.0 Å². The monoisotopic (exact) mass is 331 g/mol. The largest absolute Gasteiger partial charge is 0.356 e. The minimum absolute atomic E-state index is 0.830. The summed E-state index contributed by atoms with van der Waals surface area (Å²) in [5.41, 5.74) is 2.74. The molecule has 1 saturated heterocycles. The van der Waals surface area contributed by atoms with Gasteiger partial charge in [0.2, 0.25) is 5.95 Å². The SMILES string of the molecule is CN(C)CCNc1nc2c(c(N3CCCCCC3)n1)CCCCC2. The van der Waals surface area contributed by atoms with Crippen molar-refractivity contribution < 1.29 is 0 Å². The summed E-state index contributed by atoms with van der Waals surface area (Å²) in [5.74, 6) is 2.06. The van der Waals surface area contributed by atoms with Gasteiger partial charge in [-0.15, -0.1) is 0 Å². The van der Waals surface area contributed by atoms with Crippen molar-refractivity contribution in [2.24, 2.45) is 0 Å². The van der Waals surface area contributed by atoms with Crippen LogP contribution in [0.3, 0.4) is 0 Å². The Labute approximate surface area is 146 Å². The van der Waals surface area contributed by atoms with Crippen molar-refractivity contribution in [2.45, 2.75) is 57.8 Å². The van der Waals surface area contributed by atoms with E-state index in [4.69, 9.17) is 9.97 Å². The smallest absolute Gasteiger partial charge is 0.224 e. The van der Waals surface area contributed by atoms with Crippen LogP contribution in [0.2, 0.25) is 0 Å². The van der Waals surface area contributed by atoms with Gasteiger partial charge in [-0.05, 0) is 52.6 Å². The van der Waals surface area contributed by atoms with Crippen LogP contribution in [0.4, 0.5) is 11.8 Å². The Hall–Kier alpha value is -1.36. The highest BCUT2D eigenvalue weighted by atomic mass is 15.2. The number of aryl methyl sites for hydroxylation is 1. The second kappa shape index (κ2) is 8.65. The Morgan fingerprint density at radius 3 is 2.38 bits per heavy atom. The molecular weight excluding hydrogens is 298 g/mol. The lowest BCUT2D eigenvalue weighted by molar-refractivity contribution is 0.425. The third-order valence-corrected chi connectivity index (χ3v) is 5.16. The van der Waals surface area contributed by atoms with Crippen molar-refractivity contribution in [1.82, 2.24) is 14.9 Å². The molecule has 24 heavy (non-hydrogen) atoms. The van der Waals surface area contributed by atoms with E-state index < -0.39 is 0 Å². The molecule has 1 aliphatic heterocycles. The van der Waals surface area contributed by atoms with Gasteiger partial charge in [0.15, 0.2) is 0 Å². The molecule has 2 heterocycles. The van der Waals surface area contributed by atoms with Gasteiger partial charge in [0, 0.05) is 31.7 Å². The summed E-state index contributed by atoms with van der Waals surface area (Å²) >= 11 is 0. The van der Waals surface area contributed by atoms with Gasteiger partial charge in [-0.1, -0.05) is 19.3 Å². The lowest BCUT2D eigenvalue weighted by Crippen LogP contribution is -2.28. The van der Waals surface area contributed by atoms with Crippen molar-refractivity contribution in [3.05, 3.63) is 11.3 Å². The zero-order valence-electron chi connectivity index (χ0n) is 15.5. The third kappa shape index (κ3) is 4.59. The molecule has 1 aromatic rings. The fourth-order valence-corrected chi connectivity index (χ4v) is 3.77. The van der Waals surface area contributed by atoms with Crippen molar-refractivity contribution in [3.63, 3.8) is 0 Å². The summed E-state index contributed by atoms with van der Waals surface area (Å²) in [4.78, 5) is 14.6. The van der Waals surface area contributed by atoms with Gasteiger partial charge in [-0.3, -0.25) is 0 Å². The topological polar surface area (TPSA) is 44.3 Å². The Balaban J connectivity index is 1.85. The zero-order valence-corrected chi connectivity index (χ0v) is 15.5. The molecule has 0 bridgehead atoms. The molecule has 0 atom stereocenters. The minimum Gasteiger partial charge on any atom is -0.356 e. The number of hydrogen-bond donors (Lipinski definition) is 1. The Kier molecular flexibility index (Phi) is 6.30. The molecule has 0 radical (unpaired) electrons. The van der Waals surface area contributed by atoms with Crippen LogP contribution in [0.1, 0.15) is 56.2 Å². The number of likely N-dealkylation sites (N-methyl/N-ethyl adjacent to an activating group) is 1. The van der Waals surface area contributed by atoms with Crippen LogP contribution in [0.15, 0.2) is 0 Å². The summed E-state index contributed by atoms with van der Waals surface area (Å²) in [7, 11) is 4.20. The molecule has 1 fully saturated rings. The van der Waals surface area contributed by atoms with Crippen LogP contribution in [0.25, 0.3) is 0 Å². The number of nitrogens with one attached hydrogen (secondary N) is 1. The summed E-state index contributed by atoms with van der Waals surface area (Å²) in [6.07, 6.45) is 11.4. The maximum Gasteiger partial charge on any atom is 0.224 e. The van der Waals surface area contributed by atoms with Gasteiger partial charge in [0.25, 0.3) is 0 Å². The number of hydrogen-bond acceptors (Lipinski definition) is 5. The second-order valence-corrected chi connectivity index (χ2v) is 7.49. The molecule has 5 heteroatoms. The first-order valence-corrected chi connectivity index (χ1v) is 9.77. The molecule has 1 N–H and O–H groups in total. The van der Waals surface area contributed by atoms with Crippen LogP contribution >= 0.6 is 0 Å². The molecule has 2 aliphatic rings. The van der Waals surface area contributed by atoms with Gasteiger partial charge in [0.05, 0.1) is 5.69 Å². The van der Waals surface area contributed by atoms with Crippen LogP contribution < -0.4 is 10.2 Å². The van der Waals surface area contributed by atoms with Gasteiger partial charge in [-0.2, -0.15) is 4.98 Å². The van der Waals surface area contributed by atoms with E-state index in [9.17, 15) is 0 Å². The second-order valence-electron chi connectivity index (χ2n) is 7.49. The van der Waals surface area contributed by atoms with Crippen LogP contribution in [0, 0.1) is 0 Å². The van der Waals surface area contributed by atoms with Crippen LogP contribution in [-0.2, 0) is 12.8 Å². The maximum atomic E-state index is 4.98. The van der Waals surface area contributed by atoms with Gasteiger partial charge in [-0.25, -0.2) is 4.98 Å². The van der Waals surface area contributed by atoms with E-state index in [1.807, 2.05) is 0 Å². The van der Waals surface area contributed by atoms with Gasteiger partial charge in [0.1, 0.15) is 5.82 Å². The summed E-state index contributed by atoms with van der Waals surface area (Å²) in [6.45, 7) is 4.20. The number of nitrogens with zero attached hydrogens (tertiary/aromatic N) is 4. The highest BCUT2D eigenvalue weighted by molar-refractivity contribution is 5.53. The number of fused-ring (bicyclic) bond motifs is 1. The molecule has 3 rings (SSSR count). The maximum absolute atomic E-state index is 4.98. The highest BCUT2D eigenvalue weighted by Gasteiger charge is 2.21. The average molecular weight is 332 g/mol. The fraction of sp³-hybridized carbons (Fsp3) is 0.789. The van der Waals surface area contributed by atoms with Crippen molar-refractivity contribution in [3.8, 4) is 0 Å². The van der Waals surface area contributed by atoms with Crippen molar-refractivity contribution >= 4 is 11.8 Å². The van der Waals surface area contributed by atoms with Crippen molar-refractivity contribution in [2.75, 3.05) is 50.5 Å². The molecule has 0 unspecified atom stereocenters. The van der Waals surface area contributed by atoms with Crippen LogP contribution in [-0.4, -0.2) is 55.1 Å². The first-order chi connectivity index (χ1) is 11.7. The Morgan fingerprint density at radius 2 is 1.62 bits per heavy atom. The van der Waals surface area contributed by atoms with E-state index in [1.54, 1.807) is 0 Å². The van der Waals surface area contributed by atoms with E-state index >= 15 is 0 Å². The third-order valence-electron chi connectivity index (χ3n) is 5.16. The molecule has 0 saturated carbocycles. The Bertz CT molecular complexity index is 521. The number of aromatic nitrogens is 2. The van der Waals surface area contributed by atoms with Gasteiger partial charge >= 0.3 is 0 Å². The molecule has 0 spiro atoms. The molecule has 0 amide bonds. The molecule has 1 aromatic heterocycles. The van der Waals surface area contributed by atoms with E-state index in [0.29, 0.717) is 0 Å². The summed E-state index contributed by atoms with van der Waals surface area (Å²) in [5, 5.41) is 3.45. The molecule has 1 aliphatic carbocycles. The fourth-order valence-electron chi connectivity index (χ4n) is 3.77. The number of rotatable bonds is 5. The molecule has 134 valence electrons. The molecule has 5 nitrogen and oxygen atoms in total. The van der Waals surface area contributed by atoms with E-state index in [2.05, 4.69) is 29.2 Å². The lowest BCUT2D eigenvalue weighted by atomic mass is 10.1. The van der Waals surface area contributed by atoms with E-state index in [-0.39, 0.29) is 0 Å². The average Bonchev–Trinajstić information content (AvgIpc) is 2.96. The summed E-state index contributed by atoms with van der Waals surface area (Å²) in [6, 6.07) is 0. The van der Waals surface area contributed by atoms with Crippen LogP contribution in [0.5, 0.6) is 0 Å². The Morgan fingerprint density at radius 1 is 0.917 bits per heavy atom. The predicted octanol–water partition coefficient (Wildman–Crippen LogP) is 3.10. The number of anilines is 2. The molecule has 0 aromatic carbocycles. The lowest BCUT2D eigenvalue weighted by Gasteiger charge is -2.26. The van der Waals surface area contributed by atoms with E-state index in [0.717, 1.165) is 45.0 Å². The zero-order chi connectivity index (χ0) is 16.8.